The maximum absolute atomic E-state index is 12.1. The van der Waals surface area contributed by atoms with Gasteiger partial charge in [-0.1, -0.05) is 32.0 Å². The quantitative estimate of drug-likeness (QED) is 0.829. The molecule has 0 aliphatic carbocycles. The monoisotopic (exact) mass is 271 g/mol. The SMILES string of the molecule is CCC(O)(CC)CNS(=O)(=O)c1ccccc1C. The Morgan fingerprint density at radius 3 is 2.28 bits per heavy atom. The summed E-state index contributed by atoms with van der Waals surface area (Å²) in [6, 6.07) is 6.80. The fraction of sp³-hybridized carbons (Fsp3) is 0.538. The van der Waals surface area contributed by atoms with E-state index in [4.69, 9.17) is 0 Å². The molecule has 0 fully saturated rings. The maximum Gasteiger partial charge on any atom is 0.240 e. The van der Waals surface area contributed by atoms with Crippen LogP contribution in [0.3, 0.4) is 0 Å². The Morgan fingerprint density at radius 1 is 1.22 bits per heavy atom. The molecule has 0 aromatic heterocycles. The lowest BCUT2D eigenvalue weighted by molar-refractivity contribution is 0.0377. The molecule has 5 heteroatoms. The molecule has 0 aliphatic rings. The van der Waals surface area contributed by atoms with Crippen molar-refractivity contribution in [2.24, 2.45) is 0 Å². The van der Waals surface area contributed by atoms with E-state index in [0.29, 0.717) is 18.4 Å². The number of rotatable bonds is 6. The first-order chi connectivity index (χ1) is 8.34. The van der Waals surface area contributed by atoms with Gasteiger partial charge in [-0.15, -0.1) is 0 Å². The van der Waals surface area contributed by atoms with Gasteiger partial charge in [0.15, 0.2) is 0 Å². The van der Waals surface area contributed by atoms with E-state index in [0.717, 1.165) is 0 Å². The van der Waals surface area contributed by atoms with E-state index in [9.17, 15) is 13.5 Å². The number of sulfonamides is 1. The minimum absolute atomic E-state index is 0.0384. The largest absolute Gasteiger partial charge is 0.389 e. The van der Waals surface area contributed by atoms with E-state index in [2.05, 4.69) is 4.72 Å². The van der Waals surface area contributed by atoms with E-state index in [-0.39, 0.29) is 11.4 Å². The van der Waals surface area contributed by atoms with E-state index >= 15 is 0 Å². The summed E-state index contributed by atoms with van der Waals surface area (Å²) in [6.07, 6.45) is 1.03. The van der Waals surface area contributed by atoms with E-state index < -0.39 is 15.6 Å². The summed E-state index contributed by atoms with van der Waals surface area (Å²) in [6.45, 7) is 5.47. The first-order valence-corrected chi connectivity index (χ1v) is 7.60. The fourth-order valence-electron chi connectivity index (χ4n) is 1.67. The van der Waals surface area contributed by atoms with E-state index in [1.165, 1.54) is 0 Å². The van der Waals surface area contributed by atoms with Crippen molar-refractivity contribution in [1.29, 1.82) is 0 Å². The minimum atomic E-state index is -3.55. The average Bonchev–Trinajstić information content (AvgIpc) is 2.36. The third-order valence-electron chi connectivity index (χ3n) is 3.29. The Bertz CT molecular complexity index is 493. The average molecular weight is 271 g/mol. The van der Waals surface area contributed by atoms with Crippen molar-refractivity contribution < 1.29 is 13.5 Å². The number of aryl methyl sites for hydroxylation is 1. The van der Waals surface area contributed by atoms with Gasteiger partial charge in [0.2, 0.25) is 10.0 Å². The molecule has 1 aromatic rings. The van der Waals surface area contributed by atoms with Gasteiger partial charge in [0, 0.05) is 6.54 Å². The molecular weight excluding hydrogens is 250 g/mol. The second-order valence-corrected chi connectivity index (χ2v) is 6.26. The summed E-state index contributed by atoms with van der Waals surface area (Å²) >= 11 is 0. The van der Waals surface area contributed by atoms with Crippen molar-refractivity contribution in [1.82, 2.24) is 4.72 Å². The van der Waals surface area contributed by atoms with Gasteiger partial charge in [0.05, 0.1) is 10.5 Å². The number of aliphatic hydroxyl groups is 1. The van der Waals surface area contributed by atoms with Crippen LogP contribution in [0.4, 0.5) is 0 Å². The zero-order valence-corrected chi connectivity index (χ0v) is 11.9. The molecule has 1 rings (SSSR count). The Balaban J connectivity index is 2.88. The van der Waals surface area contributed by atoms with Crippen LogP contribution in [0.15, 0.2) is 29.2 Å². The van der Waals surface area contributed by atoms with Crippen LogP contribution in [0.5, 0.6) is 0 Å². The van der Waals surface area contributed by atoms with Crippen LogP contribution in [0.2, 0.25) is 0 Å². The predicted octanol–water partition coefficient (Wildman–Crippen LogP) is 1.82. The third-order valence-corrected chi connectivity index (χ3v) is 4.85. The molecule has 0 bridgehead atoms. The molecule has 0 unspecified atom stereocenters. The highest BCUT2D eigenvalue weighted by molar-refractivity contribution is 7.89. The summed E-state index contributed by atoms with van der Waals surface area (Å²) in [5.41, 5.74) is -0.281. The van der Waals surface area contributed by atoms with Gasteiger partial charge in [0.1, 0.15) is 0 Å². The number of benzene rings is 1. The standard InChI is InChI=1S/C13H21NO3S/c1-4-13(15,5-2)10-14-18(16,17)12-9-7-6-8-11(12)3/h6-9,14-15H,4-5,10H2,1-3H3. The topological polar surface area (TPSA) is 66.4 Å². The van der Waals surface area contributed by atoms with Crippen molar-refractivity contribution >= 4 is 10.0 Å². The van der Waals surface area contributed by atoms with Gasteiger partial charge in [-0.2, -0.15) is 0 Å². The lowest BCUT2D eigenvalue weighted by Gasteiger charge is -2.25. The van der Waals surface area contributed by atoms with Crippen molar-refractivity contribution in [2.45, 2.75) is 44.1 Å². The van der Waals surface area contributed by atoms with Gasteiger partial charge in [-0.05, 0) is 31.4 Å². The fourth-order valence-corrected chi connectivity index (χ4v) is 3.03. The molecule has 18 heavy (non-hydrogen) atoms. The number of hydrogen-bond donors (Lipinski definition) is 2. The summed E-state index contributed by atoms with van der Waals surface area (Å²) in [5, 5.41) is 10.1. The van der Waals surface area contributed by atoms with Crippen LogP contribution >= 0.6 is 0 Å². The van der Waals surface area contributed by atoms with Crippen molar-refractivity contribution in [3.8, 4) is 0 Å². The van der Waals surface area contributed by atoms with Gasteiger partial charge < -0.3 is 5.11 Å². The van der Waals surface area contributed by atoms with Crippen LogP contribution in [0.25, 0.3) is 0 Å². The Hall–Kier alpha value is -0.910. The molecule has 0 spiro atoms. The van der Waals surface area contributed by atoms with Crippen LogP contribution in [0.1, 0.15) is 32.3 Å². The van der Waals surface area contributed by atoms with Gasteiger partial charge in [-0.3, -0.25) is 0 Å². The first kappa shape index (κ1) is 15.1. The maximum atomic E-state index is 12.1. The van der Waals surface area contributed by atoms with Gasteiger partial charge in [0.25, 0.3) is 0 Å². The molecule has 0 aliphatic heterocycles. The molecule has 0 amide bonds. The summed E-state index contributed by atoms with van der Waals surface area (Å²) in [5.74, 6) is 0. The van der Waals surface area contributed by atoms with Crippen molar-refractivity contribution in [2.75, 3.05) is 6.54 Å². The molecule has 2 N–H and O–H groups in total. The third kappa shape index (κ3) is 3.54. The molecular formula is C13H21NO3S. The Labute approximate surface area is 109 Å². The summed E-state index contributed by atoms with van der Waals surface area (Å²) in [4.78, 5) is 0.263. The second-order valence-electron chi connectivity index (χ2n) is 4.52. The minimum Gasteiger partial charge on any atom is -0.389 e. The highest BCUT2D eigenvalue weighted by Crippen LogP contribution is 2.17. The molecule has 0 saturated heterocycles. The molecule has 0 saturated carbocycles. The lowest BCUT2D eigenvalue weighted by atomic mass is 9.98. The van der Waals surface area contributed by atoms with E-state index in [1.54, 1.807) is 31.2 Å². The highest BCUT2D eigenvalue weighted by Gasteiger charge is 2.25. The lowest BCUT2D eigenvalue weighted by Crippen LogP contribution is -2.42. The van der Waals surface area contributed by atoms with Crippen molar-refractivity contribution in [3.63, 3.8) is 0 Å². The summed E-state index contributed by atoms with van der Waals surface area (Å²) in [7, 11) is -3.55. The van der Waals surface area contributed by atoms with E-state index in [1.807, 2.05) is 13.8 Å². The molecule has 102 valence electrons. The zero-order valence-electron chi connectivity index (χ0n) is 11.1. The number of nitrogens with one attached hydrogen (secondary N) is 1. The second kappa shape index (κ2) is 5.82. The van der Waals surface area contributed by atoms with Gasteiger partial charge >= 0.3 is 0 Å². The molecule has 0 atom stereocenters. The molecule has 0 radical (unpaired) electrons. The van der Waals surface area contributed by atoms with Crippen molar-refractivity contribution in [3.05, 3.63) is 29.8 Å². The Morgan fingerprint density at radius 2 is 1.78 bits per heavy atom. The van der Waals surface area contributed by atoms with Crippen LogP contribution in [0, 0.1) is 6.92 Å². The zero-order chi connectivity index (χ0) is 13.8. The van der Waals surface area contributed by atoms with Crippen LogP contribution in [-0.2, 0) is 10.0 Å². The molecule has 1 aromatic carbocycles. The molecule has 0 heterocycles. The predicted molar refractivity (Wildman–Crippen MR) is 71.9 cm³/mol. The van der Waals surface area contributed by atoms with Crippen LogP contribution in [-0.4, -0.2) is 25.7 Å². The summed E-state index contributed by atoms with van der Waals surface area (Å²) < 4.78 is 26.7. The van der Waals surface area contributed by atoms with Crippen LogP contribution < -0.4 is 4.72 Å². The Kier molecular flexibility index (Phi) is 4.90. The molecule has 4 nitrogen and oxygen atoms in total. The first-order valence-electron chi connectivity index (χ1n) is 6.12. The highest BCUT2D eigenvalue weighted by atomic mass is 32.2. The smallest absolute Gasteiger partial charge is 0.240 e. The van der Waals surface area contributed by atoms with Gasteiger partial charge in [-0.25, -0.2) is 13.1 Å². The normalized spacial score (nSPS) is 12.7. The number of hydrogen-bond acceptors (Lipinski definition) is 3.